The van der Waals surface area contributed by atoms with E-state index in [1.807, 2.05) is 0 Å². The minimum atomic E-state index is -3.15. The van der Waals surface area contributed by atoms with E-state index in [4.69, 9.17) is 0 Å². The zero-order valence-electron chi connectivity index (χ0n) is 17.8. The van der Waals surface area contributed by atoms with Crippen molar-refractivity contribution in [3.05, 3.63) is 45.5 Å². The summed E-state index contributed by atoms with van der Waals surface area (Å²) in [5, 5.41) is 7.05. The summed E-state index contributed by atoms with van der Waals surface area (Å²) < 4.78 is 45.0. The number of aromatic amines is 2. The summed E-state index contributed by atoms with van der Waals surface area (Å²) >= 11 is 0. The molecule has 34 heavy (non-hydrogen) atoms. The third kappa shape index (κ3) is 3.21. The molecular weight excluding hydrogens is 455 g/mol. The smallest absolute Gasteiger partial charge is 0.325 e. The van der Waals surface area contributed by atoms with Crippen LogP contribution in [0.2, 0.25) is 0 Å². The Labute approximate surface area is 189 Å². The van der Waals surface area contributed by atoms with Gasteiger partial charge >= 0.3 is 5.69 Å². The van der Waals surface area contributed by atoms with Crippen molar-refractivity contribution in [2.45, 2.75) is 42.8 Å². The quantitative estimate of drug-likeness (QED) is 0.505. The van der Waals surface area contributed by atoms with E-state index in [2.05, 4.69) is 25.4 Å². The minimum absolute atomic E-state index is 0.0579. The Morgan fingerprint density at radius 2 is 2.00 bits per heavy atom. The van der Waals surface area contributed by atoms with Crippen LogP contribution in [-0.2, 0) is 4.79 Å². The van der Waals surface area contributed by atoms with E-state index in [0.717, 1.165) is 0 Å². The third-order valence-corrected chi connectivity index (χ3v) is 7.02. The maximum Gasteiger partial charge on any atom is 0.325 e. The number of carbonyl (C=O) groups excluding carboxylic acids is 1. The molecule has 178 valence electrons. The molecule has 3 aromatic heterocycles. The Hall–Kier alpha value is -3.64. The molecular formula is C21H20F3N7O3. The highest BCUT2D eigenvalue weighted by Crippen LogP contribution is 2.63. The molecule has 7 rings (SSSR count). The number of fused-ring (bicyclic) bond motifs is 1. The Balaban J connectivity index is 1.27. The highest BCUT2D eigenvalue weighted by atomic mass is 19.3. The van der Waals surface area contributed by atoms with E-state index in [0.29, 0.717) is 11.3 Å². The first-order chi connectivity index (χ1) is 16.0. The van der Waals surface area contributed by atoms with E-state index in [-0.39, 0.29) is 43.5 Å². The molecule has 4 aliphatic rings. The Morgan fingerprint density at radius 1 is 1.24 bits per heavy atom. The molecule has 0 spiro atoms. The second-order valence-electron chi connectivity index (χ2n) is 9.65. The first-order valence-electron chi connectivity index (χ1n) is 10.8. The van der Waals surface area contributed by atoms with Crippen LogP contribution in [0, 0.1) is 5.92 Å². The van der Waals surface area contributed by atoms with Gasteiger partial charge in [-0.05, 0) is 6.07 Å². The fraction of sp³-hybridized carbons (Fsp3) is 0.476. The lowest BCUT2D eigenvalue weighted by molar-refractivity contribution is -0.176. The molecule has 3 N–H and O–H groups in total. The van der Waals surface area contributed by atoms with Gasteiger partial charge in [-0.25, -0.2) is 27.5 Å². The molecule has 1 saturated heterocycles. The van der Waals surface area contributed by atoms with E-state index >= 15 is 0 Å². The zero-order chi connectivity index (χ0) is 23.9. The lowest BCUT2D eigenvalue weighted by Gasteiger charge is -2.65. The second kappa shape index (κ2) is 6.70. The Morgan fingerprint density at radius 3 is 2.71 bits per heavy atom. The van der Waals surface area contributed by atoms with Gasteiger partial charge in [-0.2, -0.15) is 5.10 Å². The molecule has 1 aliphatic heterocycles. The van der Waals surface area contributed by atoms with Gasteiger partial charge in [0.15, 0.2) is 5.65 Å². The molecule has 10 nitrogen and oxygen atoms in total. The largest absolute Gasteiger partial charge is 0.362 e. The maximum atomic E-state index is 14.9. The van der Waals surface area contributed by atoms with Crippen LogP contribution < -0.4 is 21.5 Å². The SMILES string of the molecule is O=C(CC1CN(c2cc(-c3c[nH]c(=O)[nH]c3=O)nn3ccnc23)CC1(F)F)NC12CC(F)(C1)C2. The van der Waals surface area contributed by atoms with Crippen molar-refractivity contribution in [2.24, 2.45) is 5.92 Å². The van der Waals surface area contributed by atoms with Gasteiger partial charge in [-0.1, -0.05) is 0 Å². The number of amides is 1. The van der Waals surface area contributed by atoms with Crippen molar-refractivity contribution in [3.63, 3.8) is 0 Å². The summed E-state index contributed by atoms with van der Waals surface area (Å²) in [5.41, 5.74) is -2.26. The van der Waals surface area contributed by atoms with Crippen molar-refractivity contribution >= 4 is 17.2 Å². The summed E-state index contributed by atoms with van der Waals surface area (Å²) in [5.74, 6) is -4.91. The first-order valence-corrected chi connectivity index (χ1v) is 10.8. The summed E-state index contributed by atoms with van der Waals surface area (Å²) in [6.45, 7) is -0.758. The van der Waals surface area contributed by atoms with Crippen LogP contribution in [-0.4, -0.2) is 60.7 Å². The second-order valence-corrected chi connectivity index (χ2v) is 9.65. The minimum Gasteiger partial charge on any atom is -0.362 e. The van der Waals surface area contributed by atoms with Crippen LogP contribution >= 0.6 is 0 Å². The van der Waals surface area contributed by atoms with Gasteiger partial charge in [-0.3, -0.25) is 14.6 Å². The molecule has 1 amide bonds. The lowest BCUT2D eigenvalue weighted by atomic mass is 9.47. The number of alkyl halides is 3. The van der Waals surface area contributed by atoms with Crippen LogP contribution in [0.5, 0.6) is 0 Å². The first kappa shape index (κ1) is 20.9. The number of anilines is 1. The zero-order valence-corrected chi connectivity index (χ0v) is 17.8. The summed E-state index contributed by atoms with van der Waals surface area (Å²) in [4.78, 5) is 46.2. The van der Waals surface area contributed by atoms with Crippen molar-refractivity contribution in [3.8, 4) is 11.3 Å². The highest BCUT2D eigenvalue weighted by Gasteiger charge is 2.70. The number of hydrogen-bond donors (Lipinski definition) is 3. The molecule has 1 atom stereocenters. The number of H-pyrrole nitrogens is 2. The average Bonchev–Trinajstić information content (AvgIpc) is 3.29. The molecule has 4 fully saturated rings. The van der Waals surface area contributed by atoms with E-state index in [9.17, 15) is 27.6 Å². The van der Waals surface area contributed by atoms with Crippen LogP contribution in [0.3, 0.4) is 0 Å². The number of nitrogens with zero attached hydrogens (tertiary/aromatic N) is 4. The number of imidazole rings is 1. The number of carbonyl (C=O) groups is 1. The Bertz CT molecular complexity index is 1430. The molecule has 4 heterocycles. The van der Waals surface area contributed by atoms with Crippen molar-refractivity contribution in [1.82, 2.24) is 29.9 Å². The molecule has 3 saturated carbocycles. The van der Waals surface area contributed by atoms with Crippen LogP contribution in [0.1, 0.15) is 25.7 Å². The van der Waals surface area contributed by atoms with Crippen LogP contribution in [0.25, 0.3) is 16.9 Å². The number of rotatable bonds is 5. The molecule has 1 unspecified atom stereocenters. The van der Waals surface area contributed by atoms with Gasteiger partial charge in [0.1, 0.15) is 11.4 Å². The lowest BCUT2D eigenvalue weighted by Crippen LogP contribution is -2.76. The number of nitrogens with one attached hydrogen (secondary N) is 3. The number of halogens is 3. The van der Waals surface area contributed by atoms with Gasteiger partial charge in [0.2, 0.25) is 5.91 Å². The predicted octanol–water partition coefficient (Wildman–Crippen LogP) is 0.995. The van der Waals surface area contributed by atoms with Gasteiger partial charge in [0, 0.05) is 56.4 Å². The van der Waals surface area contributed by atoms with Crippen molar-refractivity contribution in [2.75, 3.05) is 18.0 Å². The van der Waals surface area contributed by atoms with Gasteiger partial charge in [-0.15, -0.1) is 0 Å². The maximum absolute atomic E-state index is 14.9. The molecule has 0 radical (unpaired) electrons. The van der Waals surface area contributed by atoms with Crippen LogP contribution in [0.15, 0.2) is 34.2 Å². The van der Waals surface area contributed by atoms with Gasteiger partial charge in [0.05, 0.1) is 23.7 Å². The summed E-state index contributed by atoms with van der Waals surface area (Å²) in [7, 11) is 0. The normalized spacial score (nSPS) is 29.0. The molecule has 2 bridgehead atoms. The van der Waals surface area contributed by atoms with Crippen molar-refractivity contribution < 1.29 is 18.0 Å². The topological polar surface area (TPSA) is 128 Å². The van der Waals surface area contributed by atoms with Gasteiger partial charge < -0.3 is 15.2 Å². The van der Waals surface area contributed by atoms with E-state index in [1.165, 1.54) is 34.1 Å². The van der Waals surface area contributed by atoms with E-state index in [1.54, 1.807) is 0 Å². The fourth-order valence-electron chi connectivity index (χ4n) is 5.48. The molecule has 13 heteroatoms. The average molecular weight is 475 g/mol. The number of hydrogen-bond acceptors (Lipinski definition) is 6. The fourth-order valence-corrected chi connectivity index (χ4v) is 5.48. The van der Waals surface area contributed by atoms with Crippen LogP contribution in [0.4, 0.5) is 18.9 Å². The third-order valence-electron chi connectivity index (χ3n) is 7.02. The monoisotopic (exact) mass is 475 g/mol. The van der Waals surface area contributed by atoms with Gasteiger partial charge in [0.25, 0.3) is 11.5 Å². The van der Waals surface area contributed by atoms with Crippen molar-refractivity contribution in [1.29, 1.82) is 0 Å². The summed E-state index contributed by atoms with van der Waals surface area (Å²) in [6.07, 6.45) is 4.54. The number of aromatic nitrogens is 5. The standard InChI is InChI=1S/C21H20F3N7O3/c22-19-7-20(8-19,9-19)28-15(32)3-11-6-30(10-21(11,23)24)14-4-13(29-31-2-1-25-16(14)31)12-5-26-18(34)27-17(12)33/h1-2,4-5,11H,3,6-10H2,(H,28,32)(H2,26,27,33,34). The molecule has 3 aliphatic carbocycles. The van der Waals surface area contributed by atoms with E-state index < -0.39 is 46.7 Å². The molecule has 0 aromatic carbocycles. The summed E-state index contributed by atoms with van der Waals surface area (Å²) in [6, 6.07) is 1.46. The molecule has 3 aromatic rings. The Kier molecular flexibility index (Phi) is 4.13. The highest BCUT2D eigenvalue weighted by molar-refractivity contribution is 5.79. The predicted molar refractivity (Wildman–Crippen MR) is 113 cm³/mol.